The molecule has 0 aromatic carbocycles. The summed E-state index contributed by atoms with van der Waals surface area (Å²) in [5.41, 5.74) is 0. The second kappa shape index (κ2) is 11.7. The van der Waals surface area contributed by atoms with Gasteiger partial charge in [0.25, 0.3) is 0 Å². The fourth-order valence-electron chi connectivity index (χ4n) is 0.736. The lowest BCUT2D eigenvalue weighted by atomic mass is 10.3. The van der Waals surface area contributed by atoms with Crippen LogP contribution >= 0.6 is 0 Å². The maximum atomic E-state index is 2.24. The van der Waals surface area contributed by atoms with Gasteiger partial charge in [-0.1, -0.05) is 27.0 Å². The van der Waals surface area contributed by atoms with Crippen LogP contribution in [0.4, 0.5) is 0 Å². The fourth-order valence-corrected chi connectivity index (χ4v) is 0.736. The molecule has 0 aliphatic rings. The molecule has 0 aromatic rings. The Kier molecular flexibility index (Phi) is 16.5. The van der Waals surface area contributed by atoms with Crippen LogP contribution in [0.1, 0.15) is 21.3 Å². The molecular formula is C11H28N2. The van der Waals surface area contributed by atoms with E-state index in [1.165, 1.54) is 0 Å². The molecular weight excluding hydrogens is 160 g/mol. The fraction of sp³-hybridized carbons (Fsp3) is 0.818. The molecule has 0 rings (SSSR count). The van der Waals surface area contributed by atoms with E-state index in [1.54, 1.807) is 0 Å². The maximum absolute atomic E-state index is 2.24. The van der Waals surface area contributed by atoms with Crippen LogP contribution in [-0.4, -0.2) is 51.1 Å². The van der Waals surface area contributed by atoms with Gasteiger partial charge in [-0.2, -0.15) is 0 Å². The smallest absolute Gasteiger partial charge is 0.0157 e. The van der Waals surface area contributed by atoms with Gasteiger partial charge >= 0.3 is 0 Å². The molecule has 0 saturated heterocycles. The van der Waals surface area contributed by atoms with Crippen LogP contribution < -0.4 is 0 Å². The van der Waals surface area contributed by atoms with E-state index in [9.17, 15) is 0 Å². The first-order valence-corrected chi connectivity index (χ1v) is 4.07. The highest BCUT2D eigenvalue weighted by Crippen LogP contribution is 1.86. The van der Waals surface area contributed by atoms with Gasteiger partial charge in [-0.05, 0) is 34.6 Å². The van der Waals surface area contributed by atoms with Gasteiger partial charge in [-0.15, -0.1) is 0 Å². The average Bonchev–Trinajstić information content (AvgIpc) is 1.85. The molecule has 0 aromatic heterocycles. The Morgan fingerprint density at radius 1 is 0.846 bits per heavy atom. The van der Waals surface area contributed by atoms with E-state index in [0.717, 1.165) is 19.5 Å². The van der Waals surface area contributed by atoms with E-state index in [0.29, 0.717) is 0 Å². The zero-order valence-electron chi connectivity index (χ0n) is 8.17. The minimum absolute atomic E-state index is 0. The van der Waals surface area contributed by atoms with Gasteiger partial charge in [0.05, 0.1) is 0 Å². The zero-order valence-corrected chi connectivity index (χ0v) is 8.17. The highest BCUT2D eigenvalue weighted by molar-refractivity contribution is 4.83. The van der Waals surface area contributed by atoms with Crippen molar-refractivity contribution in [1.29, 1.82) is 0 Å². The molecule has 0 bridgehead atoms. The summed E-state index contributed by atoms with van der Waals surface area (Å²) in [7, 11) is 8.35. The molecule has 0 atom stereocenters. The van der Waals surface area contributed by atoms with Gasteiger partial charge in [0.2, 0.25) is 0 Å². The Labute approximate surface area is 85.2 Å². The predicted octanol–water partition coefficient (Wildman–Crippen LogP) is 2.33. The van der Waals surface area contributed by atoms with Crippen LogP contribution in [0, 0.1) is 0 Å². The minimum atomic E-state index is 0. The number of likely N-dealkylation sites (N-methyl/N-ethyl adjacent to an activating group) is 1. The first-order valence-electron chi connectivity index (χ1n) is 4.07. The standard InChI is InChI=1S/C9H20N2.2CH4/c1-10(2)8-6-5-7-9-11(3)4;;/h5-6H,7-9H2,1-4H3;2*1H4. The van der Waals surface area contributed by atoms with E-state index in [1.807, 2.05) is 0 Å². The van der Waals surface area contributed by atoms with Gasteiger partial charge in [0.1, 0.15) is 0 Å². The molecule has 0 saturated carbocycles. The monoisotopic (exact) mass is 188 g/mol. The van der Waals surface area contributed by atoms with E-state index >= 15 is 0 Å². The quantitative estimate of drug-likeness (QED) is 0.611. The van der Waals surface area contributed by atoms with Crippen molar-refractivity contribution in [1.82, 2.24) is 9.80 Å². The first-order chi connectivity index (χ1) is 5.13. The number of hydrogen-bond donors (Lipinski definition) is 0. The minimum Gasteiger partial charge on any atom is -0.309 e. The van der Waals surface area contributed by atoms with E-state index in [-0.39, 0.29) is 14.9 Å². The molecule has 0 fully saturated rings. The predicted molar refractivity (Wildman–Crippen MR) is 64.3 cm³/mol. The average molecular weight is 188 g/mol. The van der Waals surface area contributed by atoms with E-state index < -0.39 is 0 Å². The Morgan fingerprint density at radius 3 is 1.77 bits per heavy atom. The topological polar surface area (TPSA) is 6.48 Å². The Bertz CT molecular complexity index is 107. The van der Waals surface area contributed by atoms with Crippen LogP contribution in [0.25, 0.3) is 0 Å². The summed E-state index contributed by atoms with van der Waals surface area (Å²) in [5, 5.41) is 0. The highest BCUT2D eigenvalue weighted by Gasteiger charge is 1.85. The van der Waals surface area contributed by atoms with Crippen molar-refractivity contribution >= 4 is 0 Å². The molecule has 82 valence electrons. The Balaban J connectivity index is -0.000000500. The summed E-state index contributed by atoms with van der Waals surface area (Å²) in [5.74, 6) is 0. The summed E-state index contributed by atoms with van der Waals surface area (Å²) in [4.78, 5) is 4.35. The number of hydrogen-bond acceptors (Lipinski definition) is 2. The molecule has 2 heteroatoms. The van der Waals surface area contributed by atoms with Crippen LogP contribution in [0.3, 0.4) is 0 Å². The highest BCUT2D eigenvalue weighted by atomic mass is 15.0. The Hall–Kier alpha value is -0.340. The van der Waals surface area contributed by atoms with Crippen molar-refractivity contribution in [2.24, 2.45) is 0 Å². The van der Waals surface area contributed by atoms with Gasteiger partial charge in [0.15, 0.2) is 0 Å². The maximum Gasteiger partial charge on any atom is 0.0157 e. The summed E-state index contributed by atoms with van der Waals surface area (Å²) < 4.78 is 0. The normalized spacial score (nSPS) is 10.3. The van der Waals surface area contributed by atoms with Gasteiger partial charge in [-0.3, -0.25) is 0 Å². The molecule has 2 nitrogen and oxygen atoms in total. The lowest BCUT2D eigenvalue weighted by Crippen LogP contribution is -2.12. The first kappa shape index (κ1) is 18.4. The largest absolute Gasteiger partial charge is 0.309 e. The number of nitrogens with zero attached hydrogens (tertiary/aromatic N) is 2. The molecule has 0 spiro atoms. The van der Waals surface area contributed by atoms with Gasteiger partial charge in [0, 0.05) is 13.1 Å². The molecule has 0 heterocycles. The molecule has 0 radical (unpaired) electrons. The summed E-state index contributed by atoms with van der Waals surface area (Å²) in [6.07, 6.45) is 5.60. The summed E-state index contributed by atoms with van der Waals surface area (Å²) in [6, 6.07) is 0. The molecule has 13 heavy (non-hydrogen) atoms. The molecule has 0 aliphatic heterocycles. The lowest BCUT2D eigenvalue weighted by molar-refractivity contribution is 0.416. The van der Waals surface area contributed by atoms with Crippen molar-refractivity contribution < 1.29 is 0 Å². The third-order valence-corrected chi connectivity index (χ3v) is 1.38. The third-order valence-electron chi connectivity index (χ3n) is 1.38. The zero-order chi connectivity index (χ0) is 8.69. The van der Waals surface area contributed by atoms with Crippen molar-refractivity contribution in [2.45, 2.75) is 21.3 Å². The van der Waals surface area contributed by atoms with Gasteiger partial charge in [-0.25, -0.2) is 0 Å². The Morgan fingerprint density at radius 2 is 1.38 bits per heavy atom. The second-order valence-electron chi connectivity index (χ2n) is 3.33. The van der Waals surface area contributed by atoms with Crippen molar-refractivity contribution in [3.8, 4) is 0 Å². The second-order valence-corrected chi connectivity index (χ2v) is 3.33. The van der Waals surface area contributed by atoms with E-state index in [4.69, 9.17) is 0 Å². The molecule has 0 aliphatic carbocycles. The van der Waals surface area contributed by atoms with Crippen LogP contribution in [0.2, 0.25) is 0 Å². The van der Waals surface area contributed by atoms with E-state index in [2.05, 4.69) is 50.1 Å². The molecule has 0 unspecified atom stereocenters. The third kappa shape index (κ3) is 18.5. The van der Waals surface area contributed by atoms with Crippen molar-refractivity contribution in [2.75, 3.05) is 41.3 Å². The molecule has 0 N–H and O–H groups in total. The van der Waals surface area contributed by atoms with Crippen LogP contribution in [0.5, 0.6) is 0 Å². The molecule has 0 amide bonds. The summed E-state index contributed by atoms with van der Waals surface area (Å²) >= 11 is 0. The van der Waals surface area contributed by atoms with Crippen molar-refractivity contribution in [3.63, 3.8) is 0 Å². The SMILES string of the molecule is C.C.CN(C)CC=CCCN(C)C. The van der Waals surface area contributed by atoms with Crippen molar-refractivity contribution in [3.05, 3.63) is 12.2 Å². The summed E-state index contributed by atoms with van der Waals surface area (Å²) in [6.45, 7) is 2.19. The number of rotatable bonds is 5. The van der Waals surface area contributed by atoms with Crippen LogP contribution in [-0.2, 0) is 0 Å². The van der Waals surface area contributed by atoms with Crippen LogP contribution in [0.15, 0.2) is 12.2 Å². The van der Waals surface area contributed by atoms with Gasteiger partial charge < -0.3 is 9.80 Å². The lowest BCUT2D eigenvalue weighted by Gasteiger charge is -2.06.